The van der Waals surface area contributed by atoms with Gasteiger partial charge in [-0.3, -0.25) is 0 Å². The Labute approximate surface area is 99.7 Å². The zero-order valence-electron chi connectivity index (χ0n) is 8.14. The van der Waals surface area contributed by atoms with Gasteiger partial charge in [0.15, 0.2) is 6.17 Å². The molecule has 2 atom stereocenters. The van der Waals surface area contributed by atoms with Crippen molar-refractivity contribution in [2.45, 2.75) is 18.2 Å². The molecule has 0 aliphatic carbocycles. The lowest BCUT2D eigenvalue weighted by molar-refractivity contribution is -0.420. The van der Waals surface area contributed by atoms with Gasteiger partial charge in [-0.1, -0.05) is 30.3 Å². The molecule has 1 nitrogen and oxygen atoms in total. The van der Waals surface area contributed by atoms with Gasteiger partial charge in [0.05, 0.1) is 0 Å². The first kappa shape index (κ1) is 16.1. The van der Waals surface area contributed by atoms with Gasteiger partial charge in [0.25, 0.3) is 0 Å². The van der Waals surface area contributed by atoms with Crippen LogP contribution >= 0.6 is 13.5 Å². The Kier molecular flexibility index (Phi) is 5.34. The van der Waals surface area contributed by atoms with E-state index in [1.165, 1.54) is 18.2 Å². The van der Waals surface area contributed by atoms with E-state index in [0.29, 0.717) is 0 Å². The standard InChI is InChI=1S/C9H6F6O.H2S/c10-7(6-4-2-1-3-5-6)8(11,16-15)9(12,13)14;/h1-5,7H;1H2. The van der Waals surface area contributed by atoms with Gasteiger partial charge in [-0.15, -0.1) is 4.94 Å². The normalized spacial score (nSPS) is 16.8. The van der Waals surface area contributed by atoms with Crippen molar-refractivity contribution in [2.24, 2.45) is 0 Å². The third kappa shape index (κ3) is 3.06. The van der Waals surface area contributed by atoms with Gasteiger partial charge in [-0.25, -0.2) is 4.39 Å². The Balaban J connectivity index is 0.00000256. The second-order valence-corrected chi connectivity index (χ2v) is 2.99. The monoisotopic (exact) mass is 278 g/mol. The second-order valence-electron chi connectivity index (χ2n) is 2.99. The van der Waals surface area contributed by atoms with Crippen molar-refractivity contribution in [3.05, 3.63) is 35.9 Å². The van der Waals surface area contributed by atoms with Crippen LogP contribution < -0.4 is 0 Å². The molecule has 0 saturated carbocycles. The SMILES string of the molecule is FOC(F)(C(F)c1ccccc1)C(F)(F)F.S. The molecule has 0 heterocycles. The van der Waals surface area contributed by atoms with E-state index >= 15 is 0 Å². The topological polar surface area (TPSA) is 9.23 Å². The molecular formula is C9H8F6OS. The molecule has 0 aliphatic heterocycles. The molecule has 17 heavy (non-hydrogen) atoms. The highest BCUT2D eigenvalue weighted by molar-refractivity contribution is 7.59. The van der Waals surface area contributed by atoms with Crippen LogP contribution in [-0.2, 0) is 4.94 Å². The third-order valence-corrected chi connectivity index (χ3v) is 1.92. The van der Waals surface area contributed by atoms with Crippen LogP contribution in [0.5, 0.6) is 0 Å². The molecule has 8 heteroatoms. The zero-order chi connectivity index (χ0) is 12.4. The molecule has 0 aromatic heterocycles. The Hall–Kier alpha value is -0.890. The molecule has 0 aliphatic rings. The van der Waals surface area contributed by atoms with Gasteiger partial charge in [0.2, 0.25) is 0 Å². The summed E-state index contributed by atoms with van der Waals surface area (Å²) in [4.78, 5) is 2.15. The maximum absolute atomic E-state index is 13.2. The lowest BCUT2D eigenvalue weighted by Gasteiger charge is -2.26. The van der Waals surface area contributed by atoms with Crippen molar-refractivity contribution < 1.29 is 31.4 Å². The number of benzene rings is 1. The summed E-state index contributed by atoms with van der Waals surface area (Å²) in [5, 5.41) is 0. The number of hydrogen-bond donors (Lipinski definition) is 0. The molecule has 2 unspecified atom stereocenters. The fourth-order valence-corrected chi connectivity index (χ4v) is 1.06. The van der Waals surface area contributed by atoms with Gasteiger partial charge in [-0.05, 0) is 10.1 Å². The first-order chi connectivity index (χ1) is 7.33. The molecule has 1 aromatic rings. The molecule has 0 N–H and O–H groups in total. The summed E-state index contributed by atoms with van der Waals surface area (Å²) in [7, 11) is 0. The molecule has 0 radical (unpaired) electrons. The van der Waals surface area contributed by atoms with Crippen LogP contribution in [0.2, 0.25) is 0 Å². The minimum absolute atomic E-state index is 0. The van der Waals surface area contributed by atoms with E-state index in [9.17, 15) is 26.5 Å². The van der Waals surface area contributed by atoms with Gasteiger partial charge >= 0.3 is 12.0 Å². The molecule has 0 spiro atoms. The van der Waals surface area contributed by atoms with Crippen LogP contribution in [0.1, 0.15) is 11.7 Å². The third-order valence-electron chi connectivity index (χ3n) is 1.92. The molecule has 0 saturated heterocycles. The molecule has 0 fully saturated rings. The first-order valence-electron chi connectivity index (χ1n) is 4.07. The second kappa shape index (κ2) is 5.63. The Morgan fingerprint density at radius 3 is 1.82 bits per heavy atom. The average molecular weight is 278 g/mol. The van der Waals surface area contributed by atoms with Crippen LogP contribution in [0.15, 0.2) is 30.3 Å². The van der Waals surface area contributed by atoms with Crippen LogP contribution in [0, 0.1) is 0 Å². The van der Waals surface area contributed by atoms with E-state index in [2.05, 4.69) is 4.94 Å². The summed E-state index contributed by atoms with van der Waals surface area (Å²) in [6, 6.07) is 5.56. The molecule has 1 rings (SSSR count). The largest absolute Gasteiger partial charge is 0.455 e. The predicted octanol–water partition coefficient (Wildman–Crippen LogP) is 3.94. The lowest BCUT2D eigenvalue weighted by Crippen LogP contribution is -2.45. The number of hydrogen-bond acceptors (Lipinski definition) is 1. The summed E-state index contributed by atoms with van der Waals surface area (Å²) in [5.41, 5.74) is -0.667. The van der Waals surface area contributed by atoms with Crippen LogP contribution in [-0.4, -0.2) is 12.0 Å². The van der Waals surface area contributed by atoms with Crippen molar-refractivity contribution in [3.63, 3.8) is 0 Å². The fraction of sp³-hybridized carbons (Fsp3) is 0.333. The zero-order valence-corrected chi connectivity index (χ0v) is 9.14. The van der Waals surface area contributed by atoms with Crippen molar-refractivity contribution >= 4 is 13.5 Å². The highest BCUT2D eigenvalue weighted by Gasteiger charge is 2.65. The maximum atomic E-state index is 13.2. The van der Waals surface area contributed by atoms with Gasteiger partial charge < -0.3 is 0 Å². The number of alkyl halides is 5. The predicted molar refractivity (Wildman–Crippen MR) is 52.8 cm³/mol. The Morgan fingerprint density at radius 1 is 1.00 bits per heavy atom. The molecule has 0 bridgehead atoms. The first-order valence-corrected chi connectivity index (χ1v) is 4.07. The number of rotatable bonds is 3. The fourth-order valence-electron chi connectivity index (χ4n) is 1.06. The van der Waals surface area contributed by atoms with E-state index < -0.39 is 23.8 Å². The molecule has 98 valence electrons. The quantitative estimate of drug-likeness (QED) is 0.761. The van der Waals surface area contributed by atoms with Gasteiger partial charge in [-0.2, -0.15) is 31.1 Å². The summed E-state index contributed by atoms with van der Waals surface area (Å²) in [6.45, 7) is 0. The van der Waals surface area contributed by atoms with Crippen molar-refractivity contribution in [1.29, 1.82) is 0 Å². The maximum Gasteiger partial charge on any atom is 0.455 e. The van der Waals surface area contributed by atoms with E-state index in [1.54, 1.807) is 0 Å². The van der Waals surface area contributed by atoms with Crippen molar-refractivity contribution in [1.82, 2.24) is 0 Å². The van der Waals surface area contributed by atoms with Gasteiger partial charge in [0, 0.05) is 0 Å². The minimum atomic E-state index is -5.81. The van der Waals surface area contributed by atoms with Gasteiger partial charge in [0.1, 0.15) is 0 Å². The van der Waals surface area contributed by atoms with E-state index in [0.717, 1.165) is 12.1 Å². The summed E-state index contributed by atoms with van der Waals surface area (Å²) in [5.74, 6) is -4.99. The van der Waals surface area contributed by atoms with Crippen LogP contribution in [0.4, 0.5) is 26.5 Å². The van der Waals surface area contributed by atoms with E-state index in [-0.39, 0.29) is 13.5 Å². The van der Waals surface area contributed by atoms with Crippen LogP contribution in [0.3, 0.4) is 0 Å². The summed E-state index contributed by atoms with van der Waals surface area (Å²) in [6.07, 6.45) is -9.10. The average Bonchev–Trinajstić information content (AvgIpc) is 2.26. The molecule has 0 amide bonds. The summed E-state index contributed by atoms with van der Waals surface area (Å²) >= 11 is 0. The van der Waals surface area contributed by atoms with Crippen molar-refractivity contribution in [2.75, 3.05) is 0 Å². The van der Waals surface area contributed by atoms with E-state index in [4.69, 9.17) is 0 Å². The Morgan fingerprint density at radius 2 is 1.47 bits per heavy atom. The highest BCUT2D eigenvalue weighted by atomic mass is 32.1. The molecule has 1 aromatic carbocycles. The van der Waals surface area contributed by atoms with E-state index in [1.807, 2.05) is 0 Å². The Bertz CT molecular complexity index is 343. The molecular weight excluding hydrogens is 270 g/mol. The summed E-state index contributed by atoms with van der Waals surface area (Å²) < 4.78 is 74.1. The minimum Gasteiger partial charge on any atom is -0.235 e. The number of halogens is 6. The van der Waals surface area contributed by atoms with Crippen LogP contribution in [0.25, 0.3) is 0 Å². The highest BCUT2D eigenvalue weighted by Crippen LogP contribution is 2.46. The van der Waals surface area contributed by atoms with Crippen molar-refractivity contribution in [3.8, 4) is 0 Å². The lowest BCUT2D eigenvalue weighted by atomic mass is 10.0. The smallest absolute Gasteiger partial charge is 0.235 e.